The van der Waals surface area contributed by atoms with Gasteiger partial charge in [0, 0.05) is 11.7 Å². The zero-order valence-corrected chi connectivity index (χ0v) is 20.7. The van der Waals surface area contributed by atoms with Crippen LogP contribution < -0.4 is 10.4 Å². The predicted molar refractivity (Wildman–Crippen MR) is 125 cm³/mol. The summed E-state index contributed by atoms with van der Waals surface area (Å²) in [7, 11) is -0.820. The van der Waals surface area contributed by atoms with Crippen molar-refractivity contribution in [3.63, 3.8) is 0 Å². The van der Waals surface area contributed by atoms with Gasteiger partial charge in [0.25, 0.3) is 0 Å². The van der Waals surface area contributed by atoms with Gasteiger partial charge in [-0.15, -0.1) is 0 Å². The molecule has 0 spiro atoms. The number of carbonyl (C=O) groups is 1. The Morgan fingerprint density at radius 2 is 1.62 bits per heavy atom. The zero-order chi connectivity index (χ0) is 25.7. The molecule has 1 amide bonds. The maximum absolute atomic E-state index is 13.3. The summed E-state index contributed by atoms with van der Waals surface area (Å²) in [6.45, 7) is 14.6. The summed E-state index contributed by atoms with van der Waals surface area (Å²) in [5.41, 5.74) is -1.29. The molecule has 0 saturated carbocycles. The van der Waals surface area contributed by atoms with E-state index in [1.54, 1.807) is 32.9 Å². The van der Waals surface area contributed by atoms with Gasteiger partial charge < -0.3 is 14.0 Å². The van der Waals surface area contributed by atoms with Crippen LogP contribution in [0, 0.1) is 6.92 Å². The number of rotatable bonds is 3. The standard InChI is InChI=1S/C24H30BF3N2O4/c1-15-9-11-18(17(13-15)25-33-22(5,6)23(7,8)34-25)30(20(31)32-21(2,3)4)19-12-10-16(14-29-19)24(26,27)28/h9-14H,1-8H3. The lowest BCUT2D eigenvalue weighted by atomic mass is 9.76. The summed E-state index contributed by atoms with van der Waals surface area (Å²) in [5, 5.41) is 0. The number of alkyl halides is 3. The van der Waals surface area contributed by atoms with E-state index in [-0.39, 0.29) is 5.82 Å². The number of aromatic nitrogens is 1. The topological polar surface area (TPSA) is 60.9 Å². The van der Waals surface area contributed by atoms with Crippen LogP contribution in [0.4, 0.5) is 29.5 Å². The molecular weight excluding hydrogens is 448 g/mol. The van der Waals surface area contributed by atoms with Gasteiger partial charge in [-0.05, 0) is 73.6 Å². The van der Waals surface area contributed by atoms with Gasteiger partial charge in [0.2, 0.25) is 0 Å². The van der Waals surface area contributed by atoms with Gasteiger partial charge >= 0.3 is 19.4 Å². The first-order valence-electron chi connectivity index (χ1n) is 10.9. The van der Waals surface area contributed by atoms with Crippen molar-refractivity contribution in [2.45, 2.75) is 78.4 Å². The van der Waals surface area contributed by atoms with Gasteiger partial charge in [-0.25, -0.2) is 14.7 Å². The zero-order valence-electron chi connectivity index (χ0n) is 20.7. The first kappa shape index (κ1) is 26.0. The van der Waals surface area contributed by atoms with E-state index in [4.69, 9.17) is 14.0 Å². The maximum atomic E-state index is 13.3. The molecule has 10 heteroatoms. The number of halogens is 3. The predicted octanol–water partition coefficient (Wildman–Crippen LogP) is 5.78. The highest BCUT2D eigenvalue weighted by Gasteiger charge is 2.52. The van der Waals surface area contributed by atoms with Gasteiger partial charge in [0.1, 0.15) is 11.4 Å². The van der Waals surface area contributed by atoms with E-state index in [9.17, 15) is 18.0 Å². The van der Waals surface area contributed by atoms with Crippen LogP contribution >= 0.6 is 0 Å². The number of aryl methyl sites for hydroxylation is 1. The highest BCUT2D eigenvalue weighted by atomic mass is 19.4. The number of carbonyl (C=O) groups excluding carboxylic acids is 1. The molecule has 0 atom stereocenters. The Morgan fingerprint density at radius 3 is 2.09 bits per heavy atom. The van der Waals surface area contributed by atoms with E-state index >= 15 is 0 Å². The van der Waals surface area contributed by atoms with Crippen LogP contribution in [-0.4, -0.2) is 35.0 Å². The minimum Gasteiger partial charge on any atom is -0.443 e. The lowest BCUT2D eigenvalue weighted by Crippen LogP contribution is -2.42. The molecule has 2 aromatic rings. The summed E-state index contributed by atoms with van der Waals surface area (Å²) >= 11 is 0. The number of benzene rings is 1. The summed E-state index contributed by atoms with van der Waals surface area (Å²) < 4.78 is 57.3. The Balaban J connectivity index is 2.15. The van der Waals surface area contributed by atoms with Gasteiger partial charge in [-0.3, -0.25) is 0 Å². The molecular formula is C24H30BF3N2O4. The van der Waals surface area contributed by atoms with Crippen molar-refractivity contribution < 1.29 is 32.0 Å². The van der Waals surface area contributed by atoms with Crippen molar-refractivity contribution in [1.82, 2.24) is 4.98 Å². The van der Waals surface area contributed by atoms with Crippen LogP contribution in [0.25, 0.3) is 0 Å². The highest BCUT2D eigenvalue weighted by Crippen LogP contribution is 2.38. The first-order valence-corrected chi connectivity index (χ1v) is 10.9. The molecule has 0 N–H and O–H groups in total. The smallest absolute Gasteiger partial charge is 0.443 e. The molecule has 1 aromatic heterocycles. The second-order valence-electron chi connectivity index (χ2n) is 10.4. The Kier molecular flexibility index (Phi) is 6.56. The molecule has 3 rings (SSSR count). The van der Waals surface area contributed by atoms with E-state index < -0.39 is 41.8 Å². The molecule has 1 aromatic carbocycles. The Morgan fingerprint density at radius 1 is 1.03 bits per heavy atom. The van der Waals surface area contributed by atoms with Gasteiger partial charge in [-0.2, -0.15) is 13.2 Å². The largest absolute Gasteiger partial charge is 0.497 e. The van der Waals surface area contributed by atoms with Crippen molar-refractivity contribution in [3.05, 3.63) is 47.7 Å². The van der Waals surface area contributed by atoms with E-state index in [1.807, 2.05) is 40.7 Å². The molecule has 0 bridgehead atoms. The molecule has 6 nitrogen and oxygen atoms in total. The van der Waals surface area contributed by atoms with Crippen molar-refractivity contribution >= 4 is 30.2 Å². The third kappa shape index (κ3) is 5.38. The normalized spacial score (nSPS) is 17.6. The van der Waals surface area contributed by atoms with E-state index in [0.29, 0.717) is 17.3 Å². The van der Waals surface area contributed by atoms with Gasteiger partial charge in [0.15, 0.2) is 0 Å². The second kappa shape index (κ2) is 8.57. The molecule has 0 aliphatic carbocycles. The van der Waals surface area contributed by atoms with E-state index in [2.05, 4.69) is 4.98 Å². The van der Waals surface area contributed by atoms with E-state index in [0.717, 1.165) is 22.6 Å². The van der Waals surface area contributed by atoms with Crippen LogP contribution in [0.2, 0.25) is 0 Å². The van der Waals surface area contributed by atoms with Crippen LogP contribution in [-0.2, 0) is 20.2 Å². The minimum absolute atomic E-state index is 0.0242. The quantitative estimate of drug-likeness (QED) is 0.524. The molecule has 184 valence electrons. The van der Waals surface area contributed by atoms with Gasteiger partial charge in [-0.1, -0.05) is 17.7 Å². The molecule has 0 radical (unpaired) electrons. The van der Waals surface area contributed by atoms with Crippen LogP contribution in [0.15, 0.2) is 36.5 Å². The number of ether oxygens (including phenoxy) is 1. The first-order chi connectivity index (χ1) is 15.4. The third-order valence-electron chi connectivity index (χ3n) is 5.81. The SMILES string of the molecule is Cc1ccc(N(C(=O)OC(C)(C)C)c2ccc(C(F)(F)F)cn2)c(B2OC(C)(C)C(C)(C)O2)c1. The number of hydrogen-bond donors (Lipinski definition) is 0. The molecule has 1 aliphatic heterocycles. The average molecular weight is 478 g/mol. The summed E-state index contributed by atoms with van der Waals surface area (Å²) in [6.07, 6.45) is -4.66. The van der Waals surface area contributed by atoms with Crippen molar-refractivity contribution in [2.24, 2.45) is 0 Å². The van der Waals surface area contributed by atoms with Crippen LogP contribution in [0.1, 0.15) is 59.6 Å². The fourth-order valence-electron chi connectivity index (χ4n) is 3.35. The van der Waals surface area contributed by atoms with Crippen molar-refractivity contribution in [1.29, 1.82) is 0 Å². The number of hydrogen-bond acceptors (Lipinski definition) is 5. The third-order valence-corrected chi connectivity index (χ3v) is 5.81. The second-order valence-corrected chi connectivity index (χ2v) is 10.4. The highest BCUT2D eigenvalue weighted by molar-refractivity contribution is 6.64. The molecule has 34 heavy (non-hydrogen) atoms. The number of nitrogens with zero attached hydrogens (tertiary/aromatic N) is 2. The number of anilines is 2. The average Bonchev–Trinajstić information content (AvgIpc) is 2.88. The Labute approximate surface area is 198 Å². The van der Waals surface area contributed by atoms with Crippen molar-refractivity contribution in [2.75, 3.05) is 4.90 Å². The molecule has 1 fully saturated rings. The van der Waals surface area contributed by atoms with Crippen molar-refractivity contribution in [3.8, 4) is 0 Å². The molecule has 1 saturated heterocycles. The molecule has 0 unspecified atom stereocenters. The Hall–Kier alpha value is -2.59. The maximum Gasteiger partial charge on any atom is 0.497 e. The number of pyridine rings is 1. The van der Waals surface area contributed by atoms with Crippen LogP contribution in [0.5, 0.6) is 0 Å². The number of amides is 1. The fourth-order valence-corrected chi connectivity index (χ4v) is 3.35. The monoisotopic (exact) mass is 478 g/mol. The lowest BCUT2D eigenvalue weighted by Gasteiger charge is -2.32. The van der Waals surface area contributed by atoms with Crippen LogP contribution in [0.3, 0.4) is 0 Å². The summed E-state index contributed by atoms with van der Waals surface area (Å²) in [5.74, 6) is -0.0242. The van der Waals surface area contributed by atoms with E-state index in [1.165, 1.54) is 0 Å². The molecule has 2 heterocycles. The summed E-state index contributed by atoms with van der Waals surface area (Å²) in [4.78, 5) is 18.4. The summed E-state index contributed by atoms with van der Waals surface area (Å²) in [6, 6.07) is 7.30. The minimum atomic E-state index is -4.56. The Bertz CT molecular complexity index is 1050. The molecule has 1 aliphatic rings. The lowest BCUT2D eigenvalue weighted by molar-refractivity contribution is -0.137. The van der Waals surface area contributed by atoms with Gasteiger partial charge in [0.05, 0.1) is 22.5 Å². The fraction of sp³-hybridized carbons (Fsp3) is 0.500.